The molecular formula is C8H8F4N2O2. The van der Waals surface area contributed by atoms with E-state index in [0.29, 0.717) is 0 Å². The minimum Gasteiger partial charge on any atom is -0.478 e. The van der Waals surface area contributed by atoms with Gasteiger partial charge in [0.05, 0.1) is 11.3 Å². The zero-order valence-electron chi connectivity index (χ0n) is 7.81. The zero-order chi connectivity index (χ0) is 12.6. The van der Waals surface area contributed by atoms with E-state index in [1.165, 1.54) is 0 Å². The first-order chi connectivity index (χ1) is 7.21. The molecule has 8 heteroatoms. The maximum absolute atomic E-state index is 13.4. The van der Waals surface area contributed by atoms with E-state index in [4.69, 9.17) is 10.9 Å². The van der Waals surface area contributed by atoms with Crippen molar-refractivity contribution >= 4 is 5.97 Å². The summed E-state index contributed by atoms with van der Waals surface area (Å²) in [5.41, 5.74) is -2.85. The van der Waals surface area contributed by atoms with Crippen molar-refractivity contribution in [3.63, 3.8) is 0 Å². The molecule has 4 nitrogen and oxygen atoms in total. The monoisotopic (exact) mass is 240 g/mol. The number of rotatable bonds is 2. The Hall–Kier alpha value is -1.57. The molecule has 0 radical (unpaired) electrons. The van der Waals surface area contributed by atoms with E-state index in [1.807, 2.05) is 5.43 Å². The van der Waals surface area contributed by atoms with Gasteiger partial charge < -0.3 is 10.5 Å². The summed E-state index contributed by atoms with van der Waals surface area (Å²) in [7, 11) is 0. The molecule has 0 amide bonds. The highest BCUT2D eigenvalue weighted by Crippen LogP contribution is 2.41. The fourth-order valence-electron chi connectivity index (χ4n) is 1.24. The molecule has 1 atom stereocenters. The quantitative estimate of drug-likeness (QED) is 0.382. The van der Waals surface area contributed by atoms with Crippen LogP contribution in [0.25, 0.3) is 0 Å². The van der Waals surface area contributed by atoms with E-state index in [1.54, 1.807) is 0 Å². The Morgan fingerprint density at radius 1 is 1.56 bits per heavy atom. The Kier molecular flexibility index (Phi) is 2.95. The molecule has 0 saturated heterocycles. The van der Waals surface area contributed by atoms with Gasteiger partial charge in [-0.05, 0) is 6.08 Å². The Morgan fingerprint density at radius 3 is 2.50 bits per heavy atom. The first kappa shape index (κ1) is 12.5. The summed E-state index contributed by atoms with van der Waals surface area (Å²) in [5.74, 6) is 3.22. The highest BCUT2D eigenvalue weighted by Gasteiger charge is 2.55. The molecule has 0 aromatic carbocycles. The second-order valence-corrected chi connectivity index (χ2v) is 3.19. The highest BCUT2D eigenvalue weighted by atomic mass is 19.4. The van der Waals surface area contributed by atoms with E-state index in [-0.39, 0.29) is 11.8 Å². The molecule has 1 unspecified atom stereocenters. The van der Waals surface area contributed by atoms with E-state index >= 15 is 0 Å². The zero-order valence-corrected chi connectivity index (χ0v) is 7.81. The highest BCUT2D eigenvalue weighted by molar-refractivity contribution is 5.92. The Bertz CT molecular complexity index is 375. The molecular weight excluding hydrogens is 232 g/mol. The third kappa shape index (κ3) is 2.01. The lowest BCUT2D eigenvalue weighted by Crippen LogP contribution is -2.42. The van der Waals surface area contributed by atoms with Crippen molar-refractivity contribution in [3.8, 4) is 0 Å². The van der Waals surface area contributed by atoms with Crippen LogP contribution in [0.3, 0.4) is 0 Å². The Morgan fingerprint density at radius 2 is 2.12 bits per heavy atom. The lowest BCUT2D eigenvalue weighted by Gasteiger charge is -2.27. The molecule has 0 aromatic rings. The van der Waals surface area contributed by atoms with Crippen molar-refractivity contribution in [3.05, 3.63) is 23.4 Å². The average molecular weight is 240 g/mol. The number of alkyl halides is 4. The first-order valence-corrected chi connectivity index (χ1v) is 4.10. The number of hydrogen-bond donors (Lipinski definition) is 3. The molecule has 0 bridgehead atoms. The van der Waals surface area contributed by atoms with Crippen LogP contribution in [-0.2, 0) is 4.79 Å². The van der Waals surface area contributed by atoms with Gasteiger partial charge in [0, 0.05) is 6.42 Å². The number of hydrazine groups is 1. The standard InChI is InChI=1S/C8H8F4N2O2/c9-7(8(10,11)12)2-1-5(14-13)4(3-7)6(15)16/h1,3,14H,2,13H2,(H,15,16). The third-order valence-electron chi connectivity index (χ3n) is 2.12. The summed E-state index contributed by atoms with van der Waals surface area (Å²) in [6, 6.07) is 0. The van der Waals surface area contributed by atoms with Crippen LogP contribution in [0.1, 0.15) is 6.42 Å². The van der Waals surface area contributed by atoms with Gasteiger partial charge in [-0.2, -0.15) is 13.2 Å². The molecule has 0 aromatic heterocycles. The molecule has 1 aliphatic carbocycles. The fourth-order valence-corrected chi connectivity index (χ4v) is 1.24. The molecule has 0 saturated carbocycles. The minimum absolute atomic E-state index is 0.0184. The smallest absolute Gasteiger partial charge is 0.426 e. The van der Waals surface area contributed by atoms with Crippen LogP contribution in [0.2, 0.25) is 0 Å². The van der Waals surface area contributed by atoms with Crippen LogP contribution in [0.15, 0.2) is 23.4 Å². The van der Waals surface area contributed by atoms with Crippen molar-refractivity contribution < 1.29 is 27.5 Å². The van der Waals surface area contributed by atoms with Gasteiger partial charge in [-0.1, -0.05) is 6.08 Å². The summed E-state index contributed by atoms with van der Waals surface area (Å²) < 4.78 is 50.3. The van der Waals surface area contributed by atoms with E-state index < -0.39 is 29.8 Å². The molecule has 4 N–H and O–H groups in total. The second kappa shape index (κ2) is 3.78. The van der Waals surface area contributed by atoms with E-state index in [9.17, 15) is 22.4 Å². The lowest BCUT2D eigenvalue weighted by molar-refractivity contribution is -0.211. The number of nitrogens with two attached hydrogens (primary N) is 1. The molecule has 0 spiro atoms. The summed E-state index contributed by atoms with van der Waals surface area (Å²) in [5, 5.41) is 8.60. The van der Waals surface area contributed by atoms with Gasteiger partial charge in [0.2, 0.25) is 5.67 Å². The van der Waals surface area contributed by atoms with Crippen LogP contribution in [0, 0.1) is 0 Å². The summed E-state index contributed by atoms with van der Waals surface area (Å²) in [6.07, 6.45) is -5.39. The van der Waals surface area contributed by atoms with Gasteiger partial charge >= 0.3 is 12.1 Å². The predicted molar refractivity (Wildman–Crippen MR) is 45.6 cm³/mol. The van der Waals surface area contributed by atoms with Crippen molar-refractivity contribution in [1.82, 2.24) is 5.43 Å². The third-order valence-corrected chi connectivity index (χ3v) is 2.12. The topological polar surface area (TPSA) is 75.3 Å². The largest absolute Gasteiger partial charge is 0.478 e. The van der Waals surface area contributed by atoms with Crippen LogP contribution < -0.4 is 11.3 Å². The van der Waals surface area contributed by atoms with Crippen LogP contribution in [-0.4, -0.2) is 22.9 Å². The van der Waals surface area contributed by atoms with Crippen molar-refractivity contribution in [2.75, 3.05) is 0 Å². The average Bonchev–Trinajstić information content (AvgIpc) is 2.16. The fraction of sp³-hybridized carbons (Fsp3) is 0.375. The van der Waals surface area contributed by atoms with Gasteiger partial charge in [0.15, 0.2) is 0 Å². The number of allylic oxidation sites excluding steroid dienone is 2. The summed E-state index contributed by atoms with van der Waals surface area (Å²) in [4.78, 5) is 10.6. The Balaban J connectivity index is 3.18. The molecule has 0 aliphatic heterocycles. The number of carbonyl (C=O) groups is 1. The van der Waals surface area contributed by atoms with Crippen LogP contribution >= 0.6 is 0 Å². The van der Waals surface area contributed by atoms with Gasteiger partial charge in [-0.25, -0.2) is 9.18 Å². The molecule has 0 heterocycles. The van der Waals surface area contributed by atoms with Crippen molar-refractivity contribution in [1.29, 1.82) is 0 Å². The van der Waals surface area contributed by atoms with Crippen LogP contribution in [0.4, 0.5) is 17.6 Å². The SMILES string of the molecule is NNC1=CCC(F)(C(F)(F)F)C=C1C(=O)O. The number of carboxylic acid groups (broad SMARTS) is 1. The van der Waals surface area contributed by atoms with Crippen molar-refractivity contribution in [2.45, 2.75) is 18.3 Å². The van der Waals surface area contributed by atoms with E-state index in [0.717, 1.165) is 6.08 Å². The van der Waals surface area contributed by atoms with Crippen LogP contribution in [0.5, 0.6) is 0 Å². The Labute approximate surface area is 87.4 Å². The number of aliphatic carboxylic acids is 1. The number of hydrogen-bond acceptors (Lipinski definition) is 3. The maximum atomic E-state index is 13.4. The molecule has 1 aliphatic rings. The first-order valence-electron chi connectivity index (χ1n) is 4.10. The van der Waals surface area contributed by atoms with Gasteiger partial charge in [0.1, 0.15) is 0 Å². The second-order valence-electron chi connectivity index (χ2n) is 3.19. The molecule has 1 rings (SSSR count). The number of nitrogens with one attached hydrogen (secondary N) is 1. The predicted octanol–water partition coefficient (Wildman–Crippen LogP) is 1.02. The number of carboxylic acids is 1. The minimum atomic E-state index is -5.16. The summed E-state index contributed by atoms with van der Waals surface area (Å²) >= 11 is 0. The van der Waals surface area contributed by atoms with Gasteiger partial charge in [0.25, 0.3) is 0 Å². The maximum Gasteiger partial charge on any atom is 0.426 e. The van der Waals surface area contributed by atoms with Crippen molar-refractivity contribution in [2.24, 2.45) is 5.84 Å². The molecule has 90 valence electrons. The number of halogens is 4. The molecule has 16 heavy (non-hydrogen) atoms. The lowest BCUT2D eigenvalue weighted by atomic mass is 9.90. The van der Waals surface area contributed by atoms with E-state index in [2.05, 4.69) is 0 Å². The molecule has 0 fully saturated rings. The normalized spacial score (nSPS) is 25.8. The van der Waals surface area contributed by atoms with Gasteiger partial charge in [-0.15, -0.1) is 0 Å². The van der Waals surface area contributed by atoms with Gasteiger partial charge in [-0.3, -0.25) is 5.84 Å². The summed E-state index contributed by atoms with van der Waals surface area (Å²) in [6.45, 7) is 0.